The topological polar surface area (TPSA) is 98.5 Å². The summed E-state index contributed by atoms with van der Waals surface area (Å²) in [6.45, 7) is 1.63. The number of nitrogens with two attached hydrogens (primary N) is 1. The highest BCUT2D eigenvalue weighted by Crippen LogP contribution is 2.12. The molecule has 3 N–H and O–H groups in total. The fourth-order valence-corrected chi connectivity index (χ4v) is 1.91. The van der Waals surface area contributed by atoms with E-state index in [0.717, 1.165) is 5.56 Å². The summed E-state index contributed by atoms with van der Waals surface area (Å²) >= 11 is 0. The first-order chi connectivity index (χ1) is 11.0. The second kappa shape index (κ2) is 7.22. The Kier molecular flexibility index (Phi) is 5.09. The molecule has 118 valence electrons. The molecule has 0 fully saturated rings. The lowest BCUT2D eigenvalue weighted by atomic mass is 10.1. The highest BCUT2D eigenvalue weighted by molar-refractivity contribution is 5.94. The van der Waals surface area contributed by atoms with Crippen LogP contribution in [-0.4, -0.2) is 17.8 Å². The molecule has 0 bridgehead atoms. The molecular weight excluding hydrogens is 296 g/mol. The molecule has 2 rings (SSSR count). The summed E-state index contributed by atoms with van der Waals surface area (Å²) in [5, 5.41) is 2.76. The molecule has 0 aliphatic heterocycles. The maximum absolute atomic E-state index is 12.0. The molecule has 23 heavy (non-hydrogen) atoms. The Balaban J connectivity index is 1.93. The summed E-state index contributed by atoms with van der Waals surface area (Å²) < 4.78 is 4.90. The zero-order valence-electron chi connectivity index (χ0n) is 12.5. The third-order valence-corrected chi connectivity index (χ3v) is 3.07. The number of amides is 2. The minimum absolute atomic E-state index is 0.252. The number of benzene rings is 2. The van der Waals surface area contributed by atoms with Crippen molar-refractivity contribution in [3.63, 3.8) is 0 Å². The van der Waals surface area contributed by atoms with E-state index in [1.165, 1.54) is 6.92 Å². The molecule has 0 radical (unpaired) electrons. The maximum Gasteiger partial charge on any atom is 0.308 e. The fourth-order valence-electron chi connectivity index (χ4n) is 1.91. The van der Waals surface area contributed by atoms with Gasteiger partial charge in [0.1, 0.15) is 5.75 Å². The van der Waals surface area contributed by atoms with Crippen LogP contribution < -0.4 is 15.8 Å². The van der Waals surface area contributed by atoms with Crippen molar-refractivity contribution in [2.75, 3.05) is 0 Å². The van der Waals surface area contributed by atoms with Crippen molar-refractivity contribution in [1.82, 2.24) is 5.32 Å². The van der Waals surface area contributed by atoms with E-state index in [1.807, 2.05) is 0 Å². The van der Waals surface area contributed by atoms with Gasteiger partial charge >= 0.3 is 5.97 Å². The zero-order chi connectivity index (χ0) is 16.8. The predicted molar refractivity (Wildman–Crippen MR) is 83.9 cm³/mol. The van der Waals surface area contributed by atoms with E-state index in [2.05, 4.69) is 5.32 Å². The summed E-state index contributed by atoms with van der Waals surface area (Å²) in [5.74, 6) is -0.774. The van der Waals surface area contributed by atoms with Crippen LogP contribution in [0.15, 0.2) is 48.5 Å². The molecule has 6 nitrogen and oxygen atoms in total. The molecule has 0 heterocycles. The molecule has 0 aliphatic carbocycles. The average molecular weight is 312 g/mol. The molecule has 0 unspecified atom stereocenters. The Bertz CT molecular complexity index is 721. The third kappa shape index (κ3) is 4.67. The molecule has 2 aromatic carbocycles. The van der Waals surface area contributed by atoms with Gasteiger partial charge in [-0.3, -0.25) is 14.4 Å². The second-order valence-corrected chi connectivity index (χ2v) is 4.86. The predicted octanol–water partition coefficient (Wildman–Crippen LogP) is 1.64. The first-order valence-corrected chi connectivity index (χ1v) is 6.91. The van der Waals surface area contributed by atoms with Gasteiger partial charge < -0.3 is 15.8 Å². The van der Waals surface area contributed by atoms with Crippen molar-refractivity contribution in [2.24, 2.45) is 5.73 Å². The van der Waals surface area contributed by atoms with Crippen LogP contribution >= 0.6 is 0 Å². The first-order valence-electron chi connectivity index (χ1n) is 6.91. The van der Waals surface area contributed by atoms with Crippen LogP contribution in [0, 0.1) is 0 Å². The Morgan fingerprint density at radius 2 is 1.52 bits per heavy atom. The molecular formula is C17H16N2O4. The number of primary amides is 1. The fraction of sp³-hybridized carbons (Fsp3) is 0.118. The SMILES string of the molecule is CC(=O)Oc1ccc(C(=O)NCc2ccc(C(N)=O)cc2)cc1. The van der Waals surface area contributed by atoms with Gasteiger partial charge in [-0.05, 0) is 42.0 Å². The van der Waals surface area contributed by atoms with Gasteiger partial charge in [-0.15, -0.1) is 0 Å². The lowest BCUT2D eigenvalue weighted by Gasteiger charge is -2.07. The standard InChI is InChI=1S/C17H16N2O4/c1-11(20)23-15-8-6-14(7-9-15)17(22)19-10-12-2-4-13(5-3-12)16(18)21/h2-9H,10H2,1H3,(H2,18,21)(H,19,22). The van der Waals surface area contributed by atoms with Crippen LogP contribution in [0.4, 0.5) is 0 Å². The summed E-state index contributed by atoms with van der Waals surface area (Å²) in [6.07, 6.45) is 0. The number of hydrogen-bond acceptors (Lipinski definition) is 4. The lowest BCUT2D eigenvalue weighted by molar-refractivity contribution is -0.131. The summed E-state index contributed by atoms with van der Waals surface area (Å²) in [7, 11) is 0. The average Bonchev–Trinajstić information content (AvgIpc) is 2.53. The smallest absolute Gasteiger partial charge is 0.308 e. The van der Waals surface area contributed by atoms with E-state index in [4.69, 9.17) is 10.5 Å². The highest BCUT2D eigenvalue weighted by Gasteiger charge is 2.07. The highest BCUT2D eigenvalue weighted by atomic mass is 16.5. The van der Waals surface area contributed by atoms with Crippen molar-refractivity contribution in [2.45, 2.75) is 13.5 Å². The van der Waals surface area contributed by atoms with Crippen LogP contribution in [0.3, 0.4) is 0 Å². The van der Waals surface area contributed by atoms with Gasteiger partial charge in [-0.2, -0.15) is 0 Å². The normalized spacial score (nSPS) is 9.96. The van der Waals surface area contributed by atoms with E-state index in [0.29, 0.717) is 23.4 Å². The minimum Gasteiger partial charge on any atom is -0.427 e. The van der Waals surface area contributed by atoms with Crippen molar-refractivity contribution >= 4 is 17.8 Å². The minimum atomic E-state index is -0.492. The Labute approximate surface area is 133 Å². The molecule has 2 amide bonds. The lowest BCUT2D eigenvalue weighted by Crippen LogP contribution is -2.22. The van der Waals surface area contributed by atoms with E-state index in [-0.39, 0.29) is 5.91 Å². The van der Waals surface area contributed by atoms with Gasteiger partial charge in [0, 0.05) is 24.6 Å². The van der Waals surface area contributed by atoms with Gasteiger partial charge in [0.05, 0.1) is 0 Å². The van der Waals surface area contributed by atoms with Crippen molar-refractivity contribution in [1.29, 1.82) is 0 Å². The summed E-state index contributed by atoms with van der Waals surface area (Å²) in [5.41, 5.74) is 6.88. The molecule has 6 heteroatoms. The first kappa shape index (κ1) is 16.2. The van der Waals surface area contributed by atoms with Gasteiger partial charge in [0.15, 0.2) is 0 Å². The van der Waals surface area contributed by atoms with Crippen LogP contribution in [0.5, 0.6) is 5.75 Å². The van der Waals surface area contributed by atoms with Crippen molar-refractivity contribution in [3.05, 3.63) is 65.2 Å². The zero-order valence-corrected chi connectivity index (χ0v) is 12.5. The summed E-state index contributed by atoms with van der Waals surface area (Å²) in [6, 6.07) is 12.9. The van der Waals surface area contributed by atoms with Gasteiger partial charge in [-0.25, -0.2) is 0 Å². The number of hydrogen-bond donors (Lipinski definition) is 2. The van der Waals surface area contributed by atoms with E-state index < -0.39 is 11.9 Å². The summed E-state index contributed by atoms with van der Waals surface area (Å²) in [4.78, 5) is 33.8. The molecule has 0 spiro atoms. The Morgan fingerprint density at radius 3 is 2.04 bits per heavy atom. The van der Waals surface area contributed by atoms with E-state index in [1.54, 1.807) is 48.5 Å². The largest absolute Gasteiger partial charge is 0.427 e. The number of carbonyl (C=O) groups excluding carboxylic acids is 3. The van der Waals surface area contributed by atoms with E-state index >= 15 is 0 Å². The Hall–Kier alpha value is -3.15. The number of rotatable bonds is 5. The molecule has 0 saturated heterocycles. The number of nitrogens with one attached hydrogen (secondary N) is 1. The van der Waals surface area contributed by atoms with Gasteiger partial charge in [0.2, 0.25) is 5.91 Å². The van der Waals surface area contributed by atoms with Gasteiger partial charge in [0.25, 0.3) is 5.91 Å². The molecule has 0 saturated carbocycles. The maximum atomic E-state index is 12.0. The monoisotopic (exact) mass is 312 g/mol. The third-order valence-electron chi connectivity index (χ3n) is 3.07. The molecule has 0 aliphatic rings. The van der Waals surface area contributed by atoms with Crippen LogP contribution in [-0.2, 0) is 11.3 Å². The number of esters is 1. The van der Waals surface area contributed by atoms with Crippen LogP contribution in [0.1, 0.15) is 33.2 Å². The molecule has 2 aromatic rings. The van der Waals surface area contributed by atoms with Crippen molar-refractivity contribution < 1.29 is 19.1 Å². The van der Waals surface area contributed by atoms with E-state index in [9.17, 15) is 14.4 Å². The number of ether oxygens (including phenoxy) is 1. The van der Waals surface area contributed by atoms with Crippen molar-refractivity contribution in [3.8, 4) is 5.75 Å². The number of carbonyl (C=O) groups is 3. The van der Waals surface area contributed by atoms with Crippen LogP contribution in [0.25, 0.3) is 0 Å². The second-order valence-electron chi connectivity index (χ2n) is 4.86. The van der Waals surface area contributed by atoms with Crippen LogP contribution in [0.2, 0.25) is 0 Å². The molecule has 0 atom stereocenters. The quantitative estimate of drug-likeness (QED) is 0.647. The Morgan fingerprint density at radius 1 is 0.957 bits per heavy atom. The molecule has 0 aromatic heterocycles. The van der Waals surface area contributed by atoms with Gasteiger partial charge in [-0.1, -0.05) is 12.1 Å².